The van der Waals surface area contributed by atoms with Gasteiger partial charge in [-0.2, -0.15) is 0 Å². The number of fused-ring (bicyclic) bond motifs is 1. The molecule has 1 atom stereocenters. The summed E-state index contributed by atoms with van der Waals surface area (Å²) in [5, 5.41) is 11.4. The molecule has 25 heavy (non-hydrogen) atoms. The predicted octanol–water partition coefficient (Wildman–Crippen LogP) is 0.989. The van der Waals surface area contributed by atoms with Gasteiger partial charge < -0.3 is 5.11 Å². The highest BCUT2D eigenvalue weighted by Crippen LogP contribution is 2.26. The van der Waals surface area contributed by atoms with Crippen LogP contribution in [0.5, 0.6) is 0 Å². The maximum absolute atomic E-state index is 12.8. The zero-order valence-corrected chi connectivity index (χ0v) is 14.0. The van der Waals surface area contributed by atoms with Crippen LogP contribution in [0.15, 0.2) is 23.0 Å². The number of piperidine rings is 1. The van der Waals surface area contributed by atoms with Gasteiger partial charge in [-0.25, -0.2) is 4.79 Å². The minimum Gasteiger partial charge on any atom is -0.480 e. The van der Waals surface area contributed by atoms with Crippen LogP contribution in [0, 0.1) is 0 Å². The maximum atomic E-state index is 12.8. The summed E-state index contributed by atoms with van der Waals surface area (Å²) in [5.74, 6) is -1.84. The summed E-state index contributed by atoms with van der Waals surface area (Å²) in [6.45, 7) is 3.51. The van der Waals surface area contributed by atoms with Crippen molar-refractivity contribution in [3.05, 3.63) is 34.2 Å². The van der Waals surface area contributed by atoms with E-state index in [1.807, 2.05) is 19.9 Å². The van der Waals surface area contributed by atoms with E-state index in [1.165, 1.54) is 4.57 Å². The lowest BCUT2D eigenvalue weighted by atomic mass is 10.0. The van der Waals surface area contributed by atoms with Crippen molar-refractivity contribution in [1.29, 1.82) is 0 Å². The lowest BCUT2D eigenvalue weighted by Gasteiger charge is -2.22. The second kappa shape index (κ2) is 6.19. The number of carbonyl (C=O) groups excluding carboxylic acids is 2. The molecular weight excluding hydrogens is 326 g/mol. The lowest BCUT2D eigenvalue weighted by molar-refractivity contribution is -0.138. The molecule has 1 aromatic carbocycles. The molecule has 0 aliphatic carbocycles. The maximum Gasteiger partial charge on any atom is 0.330 e. The SMILES string of the molecule is CC(C)c1ccc2c(c1)n(CC(=O)O)c(=O)n2C1CCC(=O)NC1=O. The molecule has 1 fully saturated rings. The number of benzene rings is 1. The molecular formula is C17H19N3O5. The fourth-order valence-corrected chi connectivity index (χ4v) is 3.17. The predicted molar refractivity (Wildman–Crippen MR) is 89.3 cm³/mol. The first kappa shape index (κ1) is 16.9. The molecule has 1 aliphatic rings. The number of aliphatic carboxylic acids is 1. The number of carbonyl (C=O) groups is 3. The number of imide groups is 1. The van der Waals surface area contributed by atoms with Crippen LogP contribution in [0.1, 0.15) is 44.2 Å². The number of carboxylic acids is 1. The fraction of sp³-hybridized carbons (Fsp3) is 0.412. The molecule has 0 spiro atoms. The Morgan fingerprint density at radius 3 is 2.60 bits per heavy atom. The summed E-state index contributed by atoms with van der Waals surface area (Å²) in [5.41, 5.74) is 1.37. The molecule has 2 amide bonds. The Bertz CT molecular complexity index is 938. The van der Waals surface area contributed by atoms with Gasteiger partial charge >= 0.3 is 11.7 Å². The minimum atomic E-state index is -1.14. The molecule has 0 bridgehead atoms. The van der Waals surface area contributed by atoms with Crippen LogP contribution < -0.4 is 11.0 Å². The molecule has 8 heteroatoms. The van der Waals surface area contributed by atoms with Crippen molar-refractivity contribution >= 4 is 28.8 Å². The Morgan fingerprint density at radius 1 is 1.28 bits per heavy atom. The van der Waals surface area contributed by atoms with Crippen molar-refractivity contribution in [2.45, 2.75) is 45.2 Å². The highest BCUT2D eigenvalue weighted by Gasteiger charge is 2.31. The van der Waals surface area contributed by atoms with Crippen molar-refractivity contribution in [2.24, 2.45) is 0 Å². The molecule has 1 unspecified atom stereocenters. The van der Waals surface area contributed by atoms with Crippen LogP contribution in [0.3, 0.4) is 0 Å². The first-order valence-corrected chi connectivity index (χ1v) is 8.09. The van der Waals surface area contributed by atoms with E-state index in [4.69, 9.17) is 5.11 Å². The summed E-state index contributed by atoms with van der Waals surface area (Å²) >= 11 is 0. The van der Waals surface area contributed by atoms with E-state index in [1.54, 1.807) is 12.1 Å². The molecule has 1 saturated heterocycles. The minimum absolute atomic E-state index is 0.137. The highest BCUT2D eigenvalue weighted by molar-refractivity contribution is 6.00. The molecule has 1 aromatic heterocycles. The Labute approximate surface area is 143 Å². The van der Waals surface area contributed by atoms with Gasteiger partial charge in [0.2, 0.25) is 11.8 Å². The van der Waals surface area contributed by atoms with E-state index in [0.717, 1.165) is 10.1 Å². The van der Waals surface area contributed by atoms with E-state index in [9.17, 15) is 19.2 Å². The number of imidazole rings is 1. The van der Waals surface area contributed by atoms with Gasteiger partial charge in [-0.05, 0) is 30.0 Å². The number of amides is 2. The standard InChI is InChI=1S/C17H19N3O5/c1-9(2)10-3-4-11-13(7-10)19(8-15(22)23)17(25)20(11)12-5-6-14(21)18-16(12)24/h3-4,7,9,12H,5-6,8H2,1-2H3,(H,22,23)(H,18,21,24). The Morgan fingerprint density at radius 2 is 2.00 bits per heavy atom. The van der Waals surface area contributed by atoms with Gasteiger partial charge in [-0.3, -0.25) is 28.8 Å². The quantitative estimate of drug-likeness (QED) is 0.803. The van der Waals surface area contributed by atoms with Gasteiger partial charge in [-0.1, -0.05) is 19.9 Å². The Hall–Kier alpha value is -2.90. The van der Waals surface area contributed by atoms with Crippen molar-refractivity contribution in [2.75, 3.05) is 0 Å². The van der Waals surface area contributed by atoms with Gasteiger partial charge in [0.15, 0.2) is 0 Å². The number of hydrogen-bond donors (Lipinski definition) is 2. The summed E-state index contributed by atoms with van der Waals surface area (Å²) in [6, 6.07) is 4.55. The lowest BCUT2D eigenvalue weighted by Crippen LogP contribution is -2.44. The van der Waals surface area contributed by atoms with Gasteiger partial charge in [-0.15, -0.1) is 0 Å². The van der Waals surface area contributed by atoms with E-state index >= 15 is 0 Å². The fourth-order valence-electron chi connectivity index (χ4n) is 3.17. The third kappa shape index (κ3) is 2.95. The van der Waals surface area contributed by atoms with Gasteiger partial charge in [0, 0.05) is 6.42 Å². The first-order valence-electron chi connectivity index (χ1n) is 8.09. The number of hydrogen-bond acceptors (Lipinski definition) is 4. The average Bonchev–Trinajstić information content (AvgIpc) is 2.79. The summed E-state index contributed by atoms with van der Waals surface area (Å²) < 4.78 is 2.46. The van der Waals surface area contributed by atoms with Crippen LogP contribution in [0.2, 0.25) is 0 Å². The Balaban J connectivity index is 2.23. The zero-order valence-electron chi connectivity index (χ0n) is 14.0. The van der Waals surface area contributed by atoms with Crippen LogP contribution in [-0.4, -0.2) is 32.0 Å². The van der Waals surface area contributed by atoms with Crippen LogP contribution in [0.25, 0.3) is 11.0 Å². The second-order valence-corrected chi connectivity index (χ2v) is 6.50. The van der Waals surface area contributed by atoms with Gasteiger partial charge in [0.25, 0.3) is 0 Å². The average molecular weight is 345 g/mol. The normalized spacial score (nSPS) is 18.0. The number of carboxylic acid groups (broad SMARTS) is 1. The largest absolute Gasteiger partial charge is 0.480 e. The number of nitrogens with zero attached hydrogens (tertiary/aromatic N) is 2. The molecule has 2 aromatic rings. The molecule has 2 N–H and O–H groups in total. The molecule has 0 saturated carbocycles. The topological polar surface area (TPSA) is 110 Å². The molecule has 132 valence electrons. The Kier molecular flexibility index (Phi) is 4.20. The summed E-state index contributed by atoms with van der Waals surface area (Å²) in [4.78, 5) is 47.6. The van der Waals surface area contributed by atoms with Crippen molar-refractivity contribution in [3.63, 3.8) is 0 Å². The van der Waals surface area contributed by atoms with Crippen molar-refractivity contribution in [1.82, 2.24) is 14.5 Å². The van der Waals surface area contributed by atoms with E-state index < -0.39 is 30.2 Å². The molecule has 1 aliphatic heterocycles. The molecule has 2 heterocycles. The van der Waals surface area contributed by atoms with E-state index in [0.29, 0.717) is 11.0 Å². The van der Waals surface area contributed by atoms with Gasteiger partial charge in [0.05, 0.1) is 11.0 Å². The summed E-state index contributed by atoms with van der Waals surface area (Å²) in [6.07, 6.45) is 0.348. The number of nitrogens with one attached hydrogen (secondary N) is 1. The van der Waals surface area contributed by atoms with E-state index in [-0.39, 0.29) is 24.7 Å². The van der Waals surface area contributed by atoms with Crippen LogP contribution in [-0.2, 0) is 20.9 Å². The number of rotatable bonds is 4. The smallest absolute Gasteiger partial charge is 0.330 e. The third-order valence-corrected chi connectivity index (χ3v) is 4.47. The molecule has 3 rings (SSSR count). The number of aromatic nitrogens is 2. The monoisotopic (exact) mass is 345 g/mol. The van der Waals surface area contributed by atoms with Crippen LogP contribution in [0.4, 0.5) is 0 Å². The van der Waals surface area contributed by atoms with Crippen LogP contribution >= 0.6 is 0 Å². The van der Waals surface area contributed by atoms with E-state index in [2.05, 4.69) is 5.32 Å². The first-order chi connectivity index (χ1) is 11.8. The highest BCUT2D eigenvalue weighted by atomic mass is 16.4. The zero-order chi connectivity index (χ0) is 18.3. The summed E-state index contributed by atoms with van der Waals surface area (Å²) in [7, 11) is 0. The molecule has 0 radical (unpaired) electrons. The second-order valence-electron chi connectivity index (χ2n) is 6.50. The van der Waals surface area contributed by atoms with Crippen molar-refractivity contribution < 1.29 is 19.5 Å². The van der Waals surface area contributed by atoms with Gasteiger partial charge in [0.1, 0.15) is 12.6 Å². The van der Waals surface area contributed by atoms with Crippen molar-refractivity contribution in [3.8, 4) is 0 Å². The molecule has 8 nitrogen and oxygen atoms in total. The third-order valence-electron chi connectivity index (χ3n) is 4.47.